The SMILES string of the molecule is CCCCCCC(C)OC(CBr)c1cccc(Br)c1. The molecule has 0 aliphatic carbocycles. The maximum absolute atomic E-state index is 6.15. The van der Waals surface area contributed by atoms with Crippen molar-refractivity contribution in [2.75, 3.05) is 5.33 Å². The summed E-state index contributed by atoms with van der Waals surface area (Å²) in [6.45, 7) is 4.42. The van der Waals surface area contributed by atoms with Gasteiger partial charge in [-0.1, -0.05) is 76.6 Å². The summed E-state index contributed by atoms with van der Waals surface area (Å²) in [5.74, 6) is 0. The molecule has 0 radical (unpaired) electrons. The molecule has 0 fully saturated rings. The second kappa shape index (κ2) is 9.95. The average molecular weight is 392 g/mol. The zero-order valence-corrected chi connectivity index (χ0v) is 15.0. The van der Waals surface area contributed by atoms with Crippen molar-refractivity contribution in [3.8, 4) is 0 Å². The van der Waals surface area contributed by atoms with Crippen molar-refractivity contribution < 1.29 is 4.74 Å². The molecule has 0 saturated heterocycles. The number of unbranched alkanes of at least 4 members (excludes halogenated alkanes) is 3. The molecular weight excluding hydrogens is 368 g/mol. The molecule has 1 nitrogen and oxygen atoms in total. The molecule has 1 aromatic rings. The van der Waals surface area contributed by atoms with Crippen molar-refractivity contribution in [1.82, 2.24) is 0 Å². The quantitative estimate of drug-likeness (QED) is 0.356. The summed E-state index contributed by atoms with van der Waals surface area (Å²) in [5, 5.41) is 0.836. The van der Waals surface area contributed by atoms with Gasteiger partial charge in [0.1, 0.15) is 0 Å². The Bertz CT molecular complexity index is 354. The largest absolute Gasteiger partial charge is 0.370 e. The lowest BCUT2D eigenvalue weighted by Gasteiger charge is -2.21. The lowest BCUT2D eigenvalue weighted by molar-refractivity contribution is 0.00490. The average Bonchev–Trinajstić information content (AvgIpc) is 2.41. The van der Waals surface area contributed by atoms with Gasteiger partial charge in [0.2, 0.25) is 0 Å². The second-order valence-corrected chi connectivity index (χ2v) is 6.56. The Morgan fingerprint density at radius 2 is 2.00 bits per heavy atom. The molecule has 0 spiro atoms. The maximum Gasteiger partial charge on any atom is 0.0925 e. The molecule has 1 aromatic carbocycles. The highest BCUT2D eigenvalue weighted by molar-refractivity contribution is 9.10. The minimum Gasteiger partial charge on any atom is -0.370 e. The van der Waals surface area contributed by atoms with E-state index in [1.54, 1.807) is 0 Å². The van der Waals surface area contributed by atoms with Gasteiger partial charge < -0.3 is 4.74 Å². The van der Waals surface area contributed by atoms with Crippen LogP contribution >= 0.6 is 31.9 Å². The van der Waals surface area contributed by atoms with E-state index in [2.05, 4.69) is 63.9 Å². The van der Waals surface area contributed by atoms with Gasteiger partial charge in [0.15, 0.2) is 0 Å². The lowest BCUT2D eigenvalue weighted by Crippen LogP contribution is -2.15. The van der Waals surface area contributed by atoms with Crippen LogP contribution in [0.1, 0.15) is 57.6 Å². The molecule has 0 amide bonds. The summed E-state index contributed by atoms with van der Waals surface area (Å²) in [7, 11) is 0. The Labute approximate surface area is 134 Å². The summed E-state index contributed by atoms with van der Waals surface area (Å²) in [4.78, 5) is 0. The number of halogens is 2. The fraction of sp³-hybridized carbons (Fsp3) is 0.625. The van der Waals surface area contributed by atoms with Crippen molar-refractivity contribution in [2.45, 2.75) is 58.2 Å². The minimum atomic E-state index is 0.138. The number of hydrogen-bond donors (Lipinski definition) is 0. The van der Waals surface area contributed by atoms with E-state index in [4.69, 9.17) is 4.74 Å². The van der Waals surface area contributed by atoms with Crippen LogP contribution in [0.25, 0.3) is 0 Å². The molecule has 0 heterocycles. The topological polar surface area (TPSA) is 9.23 Å². The van der Waals surface area contributed by atoms with E-state index in [1.165, 1.54) is 31.2 Å². The Morgan fingerprint density at radius 1 is 1.21 bits per heavy atom. The molecule has 0 aliphatic rings. The van der Waals surface area contributed by atoms with Crippen LogP contribution in [0, 0.1) is 0 Å². The smallest absolute Gasteiger partial charge is 0.0925 e. The lowest BCUT2D eigenvalue weighted by atomic mass is 10.1. The van der Waals surface area contributed by atoms with E-state index in [9.17, 15) is 0 Å². The fourth-order valence-electron chi connectivity index (χ4n) is 2.12. The molecule has 108 valence electrons. The molecular formula is C16H24Br2O. The molecule has 0 aliphatic heterocycles. The molecule has 2 atom stereocenters. The summed E-state index contributed by atoms with van der Waals surface area (Å²) >= 11 is 7.07. The number of ether oxygens (including phenoxy) is 1. The zero-order chi connectivity index (χ0) is 14.1. The summed E-state index contributed by atoms with van der Waals surface area (Å²) < 4.78 is 7.26. The van der Waals surface area contributed by atoms with E-state index < -0.39 is 0 Å². The first-order chi connectivity index (χ1) is 9.17. The van der Waals surface area contributed by atoms with E-state index in [0.29, 0.717) is 6.10 Å². The van der Waals surface area contributed by atoms with Gasteiger partial charge in [-0.05, 0) is 31.0 Å². The third-order valence-corrected chi connectivity index (χ3v) is 4.30. The molecule has 0 aromatic heterocycles. The molecule has 0 bridgehead atoms. The van der Waals surface area contributed by atoms with Crippen molar-refractivity contribution in [3.05, 3.63) is 34.3 Å². The third-order valence-electron chi connectivity index (χ3n) is 3.22. The predicted octanol–water partition coefficient (Wildman–Crippen LogP) is 6.26. The first kappa shape index (κ1) is 17.2. The molecule has 2 unspecified atom stereocenters. The highest BCUT2D eigenvalue weighted by Gasteiger charge is 2.14. The zero-order valence-electron chi connectivity index (χ0n) is 11.9. The van der Waals surface area contributed by atoms with Crippen LogP contribution < -0.4 is 0 Å². The standard InChI is InChI=1S/C16H24Br2O/c1-3-4-5-6-8-13(2)19-16(12-17)14-9-7-10-15(18)11-14/h7,9-11,13,16H,3-6,8,12H2,1-2H3. The number of benzene rings is 1. The van der Waals surface area contributed by atoms with Gasteiger partial charge in [0.25, 0.3) is 0 Å². The summed E-state index contributed by atoms with van der Waals surface area (Å²) in [5.41, 5.74) is 1.23. The Kier molecular flexibility index (Phi) is 9.01. The molecule has 1 rings (SSSR count). The minimum absolute atomic E-state index is 0.138. The summed E-state index contributed by atoms with van der Waals surface area (Å²) in [6, 6.07) is 8.36. The van der Waals surface area contributed by atoms with Crippen LogP contribution in [0.4, 0.5) is 0 Å². The normalized spacial score (nSPS) is 14.3. The molecule has 0 saturated carbocycles. The van der Waals surface area contributed by atoms with Crippen LogP contribution in [-0.4, -0.2) is 11.4 Å². The number of alkyl halides is 1. The predicted molar refractivity (Wildman–Crippen MR) is 90.0 cm³/mol. The highest BCUT2D eigenvalue weighted by Crippen LogP contribution is 2.25. The van der Waals surface area contributed by atoms with Crippen molar-refractivity contribution in [3.63, 3.8) is 0 Å². The molecule has 3 heteroatoms. The van der Waals surface area contributed by atoms with Crippen LogP contribution in [0.5, 0.6) is 0 Å². The first-order valence-corrected chi connectivity index (χ1v) is 9.05. The van der Waals surface area contributed by atoms with Crippen molar-refractivity contribution in [1.29, 1.82) is 0 Å². The van der Waals surface area contributed by atoms with Crippen LogP contribution in [0.15, 0.2) is 28.7 Å². The maximum atomic E-state index is 6.15. The van der Waals surface area contributed by atoms with Gasteiger partial charge in [0.05, 0.1) is 12.2 Å². The fourth-order valence-corrected chi connectivity index (χ4v) is 3.06. The van der Waals surface area contributed by atoms with Gasteiger partial charge in [-0.3, -0.25) is 0 Å². The van der Waals surface area contributed by atoms with Gasteiger partial charge in [-0.2, -0.15) is 0 Å². The van der Waals surface area contributed by atoms with Crippen LogP contribution in [0.2, 0.25) is 0 Å². The van der Waals surface area contributed by atoms with Gasteiger partial charge >= 0.3 is 0 Å². The highest BCUT2D eigenvalue weighted by atomic mass is 79.9. The Hall–Kier alpha value is 0.140. The monoisotopic (exact) mass is 390 g/mol. The second-order valence-electron chi connectivity index (χ2n) is 4.99. The molecule has 0 N–H and O–H groups in total. The Balaban J connectivity index is 2.43. The van der Waals surface area contributed by atoms with Gasteiger partial charge in [0, 0.05) is 9.80 Å². The number of rotatable bonds is 9. The number of hydrogen-bond acceptors (Lipinski definition) is 1. The van der Waals surface area contributed by atoms with E-state index in [-0.39, 0.29) is 6.10 Å². The Morgan fingerprint density at radius 3 is 2.63 bits per heavy atom. The third kappa shape index (κ3) is 6.92. The van der Waals surface area contributed by atoms with Crippen molar-refractivity contribution >= 4 is 31.9 Å². The van der Waals surface area contributed by atoms with E-state index in [1.807, 2.05) is 6.07 Å². The van der Waals surface area contributed by atoms with Crippen LogP contribution in [0.3, 0.4) is 0 Å². The van der Waals surface area contributed by atoms with Gasteiger partial charge in [-0.25, -0.2) is 0 Å². The van der Waals surface area contributed by atoms with Crippen LogP contribution in [-0.2, 0) is 4.74 Å². The van der Waals surface area contributed by atoms with E-state index >= 15 is 0 Å². The summed E-state index contributed by atoms with van der Waals surface area (Å²) in [6.07, 6.45) is 6.81. The van der Waals surface area contributed by atoms with Gasteiger partial charge in [-0.15, -0.1) is 0 Å². The van der Waals surface area contributed by atoms with Crippen molar-refractivity contribution in [2.24, 2.45) is 0 Å². The molecule has 19 heavy (non-hydrogen) atoms. The first-order valence-electron chi connectivity index (χ1n) is 7.14. The van der Waals surface area contributed by atoms with E-state index in [0.717, 1.165) is 16.2 Å².